The average molecular weight is 251 g/mol. The van der Waals surface area contributed by atoms with Gasteiger partial charge in [0.15, 0.2) is 0 Å². The van der Waals surface area contributed by atoms with Gasteiger partial charge in [-0.25, -0.2) is 0 Å². The summed E-state index contributed by atoms with van der Waals surface area (Å²) in [6.45, 7) is 0. The number of carbonyl (C=O) groups excluding carboxylic acids is 1. The molecule has 0 radical (unpaired) electrons. The van der Waals surface area contributed by atoms with E-state index in [9.17, 15) is 9.59 Å². The van der Waals surface area contributed by atoms with Crippen LogP contribution in [-0.2, 0) is 9.59 Å². The van der Waals surface area contributed by atoms with E-state index in [0.29, 0.717) is 19.3 Å². The van der Waals surface area contributed by atoms with Gasteiger partial charge in [-0.3, -0.25) is 9.59 Å². The van der Waals surface area contributed by atoms with Gasteiger partial charge in [0.25, 0.3) is 0 Å². The maximum atomic E-state index is 11.6. The molecule has 18 heavy (non-hydrogen) atoms. The molecule has 0 aromatic rings. The molecule has 0 spiro atoms. The zero-order chi connectivity index (χ0) is 13.4. The third kappa shape index (κ3) is 5.77. The van der Waals surface area contributed by atoms with Gasteiger partial charge in [-0.2, -0.15) is 0 Å². The molecule has 4 nitrogen and oxygen atoms in total. The number of rotatable bonds is 9. The van der Waals surface area contributed by atoms with Crippen molar-refractivity contribution >= 4 is 11.8 Å². The Morgan fingerprint density at radius 1 is 1.33 bits per heavy atom. The largest absolute Gasteiger partial charge is 0.480 e. The number of carboxylic acid groups (broad SMARTS) is 1. The smallest absolute Gasteiger partial charge is 0.320 e. The van der Waals surface area contributed by atoms with Crippen molar-refractivity contribution in [3.8, 4) is 0 Å². The quantitative estimate of drug-likeness (QED) is 0.615. The Hall–Kier alpha value is -1.42. The predicted octanol–water partition coefficient (Wildman–Crippen LogP) is 2.19. The van der Waals surface area contributed by atoms with Gasteiger partial charge < -0.3 is 10.8 Å². The molecule has 1 aliphatic rings. The number of nitrogens with two attached hydrogens (primary N) is 1. The topological polar surface area (TPSA) is 80.4 Å². The number of carbonyl (C=O) groups is 2. The van der Waals surface area contributed by atoms with E-state index in [0.717, 1.165) is 25.7 Å². The minimum atomic E-state index is -0.952. The molecule has 3 N–H and O–H groups in total. The van der Waals surface area contributed by atoms with Crippen molar-refractivity contribution in [1.29, 1.82) is 0 Å². The summed E-state index contributed by atoms with van der Waals surface area (Å²) in [5.41, 5.74) is 6.57. The van der Waals surface area contributed by atoms with E-state index in [1.807, 2.05) is 12.2 Å². The number of hydrogen-bond acceptors (Lipinski definition) is 3. The molecule has 0 saturated heterocycles. The fraction of sp³-hybridized carbons (Fsp3) is 0.571. The maximum absolute atomic E-state index is 11.6. The Bertz CT molecular complexity index is 358. The normalized spacial score (nSPS) is 15.5. The molecule has 0 fully saturated rings. The highest BCUT2D eigenvalue weighted by molar-refractivity contribution is 5.81. The van der Waals surface area contributed by atoms with Gasteiger partial charge >= 0.3 is 5.97 Å². The molecule has 0 bridgehead atoms. The van der Waals surface area contributed by atoms with Crippen molar-refractivity contribution in [2.45, 2.75) is 51.0 Å². The Labute approximate surface area is 108 Å². The van der Waals surface area contributed by atoms with Gasteiger partial charge in [-0.1, -0.05) is 36.6 Å². The van der Waals surface area contributed by atoms with Crippen LogP contribution >= 0.6 is 0 Å². The minimum absolute atomic E-state index is 0.271. The van der Waals surface area contributed by atoms with Gasteiger partial charge in [0, 0.05) is 12.8 Å². The van der Waals surface area contributed by atoms with Crippen LogP contribution in [0.3, 0.4) is 0 Å². The van der Waals surface area contributed by atoms with Gasteiger partial charge in [-0.15, -0.1) is 0 Å². The third-order valence-corrected chi connectivity index (χ3v) is 3.06. The third-order valence-electron chi connectivity index (χ3n) is 3.06. The van der Waals surface area contributed by atoms with E-state index in [4.69, 9.17) is 10.8 Å². The number of hydrogen-bond donors (Lipinski definition) is 2. The highest BCUT2D eigenvalue weighted by Crippen LogP contribution is 2.16. The zero-order valence-corrected chi connectivity index (χ0v) is 10.6. The molecule has 0 amide bonds. The maximum Gasteiger partial charge on any atom is 0.320 e. The summed E-state index contributed by atoms with van der Waals surface area (Å²) in [5, 5.41) is 8.59. The molecule has 4 heteroatoms. The number of Topliss-reactive ketones (excluding diaryl/α,β-unsaturated/α-hetero) is 1. The van der Waals surface area contributed by atoms with Crippen molar-refractivity contribution < 1.29 is 14.7 Å². The molecule has 0 heterocycles. The lowest BCUT2D eigenvalue weighted by atomic mass is 10.0. The zero-order valence-electron chi connectivity index (χ0n) is 10.6. The number of aliphatic carboxylic acids is 1. The van der Waals surface area contributed by atoms with Crippen LogP contribution in [0, 0.1) is 0 Å². The molecule has 100 valence electrons. The van der Waals surface area contributed by atoms with E-state index in [2.05, 4.69) is 6.08 Å². The summed E-state index contributed by atoms with van der Waals surface area (Å²) in [7, 11) is 0. The van der Waals surface area contributed by atoms with Crippen LogP contribution in [0.15, 0.2) is 23.8 Å². The first-order valence-corrected chi connectivity index (χ1v) is 6.44. The SMILES string of the molecule is N[C@@H](CCCCCC(=O)CC1=CC=CC1)C(=O)O. The monoisotopic (exact) mass is 251 g/mol. The molecule has 0 saturated carbocycles. The first-order chi connectivity index (χ1) is 8.59. The number of allylic oxidation sites excluding steroid dienone is 4. The Balaban J connectivity index is 2.00. The number of carboxylic acids is 1. The average Bonchev–Trinajstić information content (AvgIpc) is 2.80. The fourth-order valence-corrected chi connectivity index (χ4v) is 1.95. The number of unbranched alkanes of at least 4 members (excludes halogenated alkanes) is 2. The summed E-state index contributed by atoms with van der Waals surface area (Å²) in [6.07, 6.45) is 11.0. The van der Waals surface area contributed by atoms with Crippen LogP contribution in [-0.4, -0.2) is 22.9 Å². The highest BCUT2D eigenvalue weighted by atomic mass is 16.4. The molecule has 0 unspecified atom stereocenters. The molecule has 1 aliphatic carbocycles. The van der Waals surface area contributed by atoms with Crippen molar-refractivity contribution in [2.75, 3.05) is 0 Å². The second-order valence-corrected chi connectivity index (χ2v) is 4.72. The van der Waals surface area contributed by atoms with Crippen molar-refractivity contribution in [3.63, 3.8) is 0 Å². The first-order valence-electron chi connectivity index (χ1n) is 6.44. The van der Waals surface area contributed by atoms with E-state index < -0.39 is 12.0 Å². The first kappa shape index (κ1) is 14.6. The lowest BCUT2D eigenvalue weighted by molar-refractivity contribution is -0.138. The van der Waals surface area contributed by atoms with Crippen LogP contribution in [0.4, 0.5) is 0 Å². The standard InChI is InChI=1S/C14H21NO3/c15-13(14(17)18)9-3-1-2-8-12(16)10-11-6-4-5-7-11/h4-6,13H,1-3,7-10,15H2,(H,17,18)/t13-/m0/s1. The molecular formula is C14H21NO3. The molecule has 0 aromatic heterocycles. The van der Waals surface area contributed by atoms with E-state index in [1.165, 1.54) is 5.57 Å². The highest BCUT2D eigenvalue weighted by Gasteiger charge is 2.11. The summed E-state index contributed by atoms with van der Waals surface area (Å²) in [4.78, 5) is 22.1. The summed E-state index contributed by atoms with van der Waals surface area (Å²) >= 11 is 0. The lowest BCUT2D eigenvalue weighted by Crippen LogP contribution is -2.29. The van der Waals surface area contributed by atoms with Crippen LogP contribution in [0.1, 0.15) is 44.9 Å². The summed E-state index contributed by atoms with van der Waals surface area (Å²) in [6, 6.07) is -0.768. The number of ketones is 1. The van der Waals surface area contributed by atoms with E-state index in [-0.39, 0.29) is 5.78 Å². The van der Waals surface area contributed by atoms with E-state index in [1.54, 1.807) is 0 Å². The second kappa shape index (κ2) is 7.82. The molecule has 1 atom stereocenters. The van der Waals surface area contributed by atoms with Crippen LogP contribution in [0.2, 0.25) is 0 Å². The Morgan fingerprint density at radius 3 is 2.72 bits per heavy atom. The minimum Gasteiger partial charge on any atom is -0.480 e. The molecule has 0 aromatic carbocycles. The van der Waals surface area contributed by atoms with Crippen LogP contribution in [0.25, 0.3) is 0 Å². The molecular weight excluding hydrogens is 230 g/mol. The van der Waals surface area contributed by atoms with Gasteiger partial charge in [0.1, 0.15) is 11.8 Å². The molecule has 0 aliphatic heterocycles. The van der Waals surface area contributed by atoms with Crippen LogP contribution < -0.4 is 5.73 Å². The van der Waals surface area contributed by atoms with Crippen molar-refractivity contribution in [1.82, 2.24) is 0 Å². The molecule has 1 rings (SSSR count). The van der Waals surface area contributed by atoms with Crippen molar-refractivity contribution in [2.24, 2.45) is 5.73 Å². The second-order valence-electron chi connectivity index (χ2n) is 4.72. The Morgan fingerprint density at radius 2 is 2.11 bits per heavy atom. The van der Waals surface area contributed by atoms with Gasteiger partial charge in [-0.05, 0) is 19.3 Å². The van der Waals surface area contributed by atoms with Crippen LogP contribution in [0.5, 0.6) is 0 Å². The van der Waals surface area contributed by atoms with Gasteiger partial charge in [0.05, 0.1) is 0 Å². The lowest BCUT2D eigenvalue weighted by Gasteiger charge is -2.05. The Kier molecular flexibility index (Phi) is 6.36. The fourth-order valence-electron chi connectivity index (χ4n) is 1.95. The summed E-state index contributed by atoms with van der Waals surface area (Å²) in [5.74, 6) is -0.681. The summed E-state index contributed by atoms with van der Waals surface area (Å²) < 4.78 is 0. The van der Waals surface area contributed by atoms with Gasteiger partial charge in [0.2, 0.25) is 0 Å². The predicted molar refractivity (Wildman–Crippen MR) is 70.2 cm³/mol. The van der Waals surface area contributed by atoms with E-state index >= 15 is 0 Å². The van der Waals surface area contributed by atoms with Crippen molar-refractivity contribution in [3.05, 3.63) is 23.8 Å².